The molecule has 0 fully saturated rings. The minimum absolute atomic E-state index is 0.129. The third-order valence-electron chi connectivity index (χ3n) is 13.9. The quantitative estimate of drug-likeness (QED) is 0.0450. The largest absolute Gasteiger partial charge is 0.465 e. The third kappa shape index (κ3) is 50.1. The molecule has 0 bridgehead atoms. The van der Waals surface area contributed by atoms with Gasteiger partial charge in [0.25, 0.3) is 0 Å². The molecule has 0 N–H and O–H groups in total. The van der Waals surface area contributed by atoms with Crippen LogP contribution >= 0.6 is 0 Å². The Kier molecular flexibility index (Phi) is 54.1. The molecule has 0 rings (SSSR count). The first-order chi connectivity index (χ1) is 29.8. The van der Waals surface area contributed by atoms with Crippen molar-refractivity contribution < 1.29 is 9.53 Å². The molecule has 0 saturated carbocycles. The van der Waals surface area contributed by atoms with Crippen molar-refractivity contribution >= 4 is 5.97 Å². The predicted octanol–water partition coefficient (Wildman–Crippen LogP) is 21.5. The van der Waals surface area contributed by atoms with Gasteiger partial charge in [0.15, 0.2) is 0 Å². The van der Waals surface area contributed by atoms with E-state index in [9.17, 15) is 4.79 Å². The number of hydrogen-bond donors (Lipinski definition) is 0. The van der Waals surface area contributed by atoms with Gasteiger partial charge in [-0.15, -0.1) is 0 Å². The van der Waals surface area contributed by atoms with Gasteiger partial charge >= 0.3 is 5.97 Å². The van der Waals surface area contributed by atoms with Crippen LogP contribution in [0.25, 0.3) is 0 Å². The smallest absolute Gasteiger partial charge is 0.308 e. The molecule has 0 aliphatic heterocycles. The maximum atomic E-state index is 13.3. The Balaban J connectivity index is 4.07. The molecule has 0 aromatic rings. The second-order valence-corrected chi connectivity index (χ2v) is 20.1. The molecule has 0 aliphatic rings. The molecule has 0 saturated heterocycles. The van der Waals surface area contributed by atoms with E-state index in [2.05, 4.69) is 20.8 Å². The van der Waals surface area contributed by atoms with Gasteiger partial charge in [0.05, 0.1) is 12.5 Å². The lowest BCUT2D eigenvalue weighted by atomic mass is 9.94. The number of carbonyl (C=O) groups excluding carboxylic acids is 1. The Morgan fingerprint density at radius 1 is 0.250 bits per heavy atom. The van der Waals surface area contributed by atoms with Crippen molar-refractivity contribution in [1.29, 1.82) is 0 Å². The van der Waals surface area contributed by atoms with E-state index in [0.717, 1.165) is 19.3 Å². The Morgan fingerprint density at radius 3 is 0.617 bits per heavy atom. The monoisotopic (exact) mass is 845 g/mol. The molecule has 0 spiro atoms. The zero-order valence-electron chi connectivity index (χ0n) is 42.4. The van der Waals surface area contributed by atoms with Gasteiger partial charge in [0.1, 0.15) is 0 Å². The summed E-state index contributed by atoms with van der Waals surface area (Å²) in [6.07, 6.45) is 71.9. The molecular weight excluding hydrogens is 729 g/mol. The van der Waals surface area contributed by atoms with E-state index in [4.69, 9.17) is 4.74 Å². The maximum Gasteiger partial charge on any atom is 0.308 e. The highest BCUT2D eigenvalue weighted by atomic mass is 16.5. The summed E-state index contributed by atoms with van der Waals surface area (Å²) in [5, 5.41) is 0. The van der Waals surface area contributed by atoms with Crippen LogP contribution in [0.3, 0.4) is 0 Å². The van der Waals surface area contributed by atoms with E-state index in [1.165, 1.54) is 315 Å². The summed E-state index contributed by atoms with van der Waals surface area (Å²) < 4.78 is 5.95. The van der Waals surface area contributed by atoms with Gasteiger partial charge in [-0.05, 0) is 19.3 Å². The third-order valence-corrected chi connectivity index (χ3v) is 13.9. The van der Waals surface area contributed by atoms with E-state index in [0.29, 0.717) is 6.61 Å². The molecule has 0 amide bonds. The molecule has 0 aromatic carbocycles. The van der Waals surface area contributed by atoms with Crippen molar-refractivity contribution in [3.8, 4) is 0 Å². The van der Waals surface area contributed by atoms with E-state index >= 15 is 0 Å². The average Bonchev–Trinajstić information content (AvgIpc) is 3.26. The van der Waals surface area contributed by atoms with Crippen LogP contribution in [0.5, 0.6) is 0 Å². The molecule has 360 valence electrons. The summed E-state index contributed by atoms with van der Waals surface area (Å²) in [7, 11) is 0. The number of carbonyl (C=O) groups is 1. The number of esters is 1. The molecule has 1 atom stereocenters. The Bertz CT molecular complexity index is 762. The highest BCUT2D eigenvalue weighted by molar-refractivity contribution is 5.72. The van der Waals surface area contributed by atoms with Crippen LogP contribution < -0.4 is 0 Å². The predicted molar refractivity (Wildman–Crippen MR) is 272 cm³/mol. The van der Waals surface area contributed by atoms with E-state index < -0.39 is 0 Å². The van der Waals surface area contributed by atoms with Crippen molar-refractivity contribution in [2.45, 2.75) is 355 Å². The van der Waals surface area contributed by atoms with Gasteiger partial charge in [-0.2, -0.15) is 0 Å². The van der Waals surface area contributed by atoms with Crippen molar-refractivity contribution in [1.82, 2.24) is 0 Å². The molecule has 0 aromatic heterocycles. The molecule has 0 heterocycles. The highest BCUT2D eigenvalue weighted by Gasteiger charge is 2.19. The fourth-order valence-electron chi connectivity index (χ4n) is 9.55. The zero-order chi connectivity index (χ0) is 43.3. The Morgan fingerprint density at radius 2 is 0.417 bits per heavy atom. The normalized spacial score (nSPS) is 12.1. The second kappa shape index (κ2) is 54.6. The lowest BCUT2D eigenvalue weighted by molar-refractivity contribution is -0.149. The van der Waals surface area contributed by atoms with E-state index in [-0.39, 0.29) is 11.9 Å². The molecule has 0 radical (unpaired) electrons. The lowest BCUT2D eigenvalue weighted by Crippen LogP contribution is -2.18. The van der Waals surface area contributed by atoms with Crippen molar-refractivity contribution in [3.05, 3.63) is 0 Å². The van der Waals surface area contributed by atoms with Gasteiger partial charge in [-0.1, -0.05) is 335 Å². The van der Waals surface area contributed by atoms with Gasteiger partial charge < -0.3 is 4.74 Å². The maximum absolute atomic E-state index is 13.3. The van der Waals surface area contributed by atoms with Crippen LogP contribution in [0.4, 0.5) is 0 Å². The SMILES string of the molecule is CCCCCCCCCCCCCCCCCCCCC(CCCCCCCCCCCCCCCCCC)C(=O)OCCCCCCCCCCCCCCCCCC. The molecule has 60 heavy (non-hydrogen) atoms. The summed E-state index contributed by atoms with van der Waals surface area (Å²) in [4.78, 5) is 13.3. The minimum Gasteiger partial charge on any atom is -0.465 e. The van der Waals surface area contributed by atoms with Crippen LogP contribution in [0.1, 0.15) is 355 Å². The fraction of sp³-hybridized carbons (Fsp3) is 0.983. The van der Waals surface area contributed by atoms with Crippen molar-refractivity contribution in [2.75, 3.05) is 6.61 Å². The minimum atomic E-state index is 0.129. The number of hydrogen-bond acceptors (Lipinski definition) is 2. The number of ether oxygens (including phenoxy) is 1. The van der Waals surface area contributed by atoms with Gasteiger partial charge in [0, 0.05) is 0 Å². The zero-order valence-corrected chi connectivity index (χ0v) is 42.4. The van der Waals surface area contributed by atoms with Crippen LogP contribution in [-0.2, 0) is 9.53 Å². The Hall–Kier alpha value is -0.530. The summed E-state index contributed by atoms with van der Waals surface area (Å²) in [6.45, 7) is 7.56. The van der Waals surface area contributed by atoms with E-state index in [1.807, 2.05) is 0 Å². The summed E-state index contributed by atoms with van der Waals surface area (Å²) in [5.41, 5.74) is 0. The number of rotatable bonds is 54. The first-order valence-corrected chi connectivity index (χ1v) is 28.9. The van der Waals surface area contributed by atoms with Crippen LogP contribution in [0.2, 0.25) is 0 Å². The lowest BCUT2D eigenvalue weighted by Gasteiger charge is -2.16. The van der Waals surface area contributed by atoms with E-state index in [1.54, 1.807) is 0 Å². The van der Waals surface area contributed by atoms with Crippen molar-refractivity contribution in [3.63, 3.8) is 0 Å². The number of unbranched alkanes of at least 4 members (excludes halogenated alkanes) is 47. The molecule has 2 nitrogen and oxygen atoms in total. The summed E-state index contributed by atoms with van der Waals surface area (Å²) >= 11 is 0. The molecule has 2 heteroatoms. The fourth-order valence-corrected chi connectivity index (χ4v) is 9.55. The van der Waals surface area contributed by atoms with Crippen LogP contribution in [-0.4, -0.2) is 12.6 Å². The van der Waals surface area contributed by atoms with Crippen LogP contribution in [0, 0.1) is 5.92 Å². The Labute approximate surface area is 381 Å². The molecule has 1 unspecified atom stereocenters. The van der Waals surface area contributed by atoms with Gasteiger partial charge in [-0.3, -0.25) is 4.79 Å². The topological polar surface area (TPSA) is 26.3 Å². The van der Waals surface area contributed by atoms with Gasteiger partial charge in [-0.25, -0.2) is 0 Å². The first kappa shape index (κ1) is 59.5. The average molecular weight is 846 g/mol. The summed E-state index contributed by atoms with van der Waals surface area (Å²) in [5.74, 6) is 0.266. The standard InChI is InChI=1S/C58H116O2/c1-4-7-10-13-16-19-22-25-28-31-32-34-37-40-43-46-49-52-55-57(54-51-48-45-42-39-36-33-29-26-23-20-17-14-11-8-5-2)58(59)60-56-53-50-47-44-41-38-35-30-27-24-21-18-15-12-9-6-3/h57H,4-56H2,1-3H3. The van der Waals surface area contributed by atoms with Crippen molar-refractivity contribution in [2.24, 2.45) is 5.92 Å². The molecular formula is C58H116O2. The second-order valence-electron chi connectivity index (χ2n) is 20.1. The highest BCUT2D eigenvalue weighted by Crippen LogP contribution is 2.23. The molecule has 0 aliphatic carbocycles. The summed E-state index contributed by atoms with van der Waals surface area (Å²) in [6, 6.07) is 0. The van der Waals surface area contributed by atoms with Crippen LogP contribution in [0.15, 0.2) is 0 Å². The first-order valence-electron chi connectivity index (χ1n) is 28.9. The van der Waals surface area contributed by atoms with Gasteiger partial charge in [0.2, 0.25) is 0 Å².